The monoisotopic (exact) mass is 373 g/mol. The molecule has 28 heavy (non-hydrogen) atoms. The van der Waals surface area contributed by atoms with Crippen LogP contribution in [0.1, 0.15) is 17.5 Å². The molecular weight excluding hydrogens is 354 g/mol. The lowest BCUT2D eigenvalue weighted by Crippen LogP contribution is -2.47. The van der Waals surface area contributed by atoms with Crippen molar-refractivity contribution in [3.8, 4) is 0 Å². The molecule has 0 radical (unpaired) electrons. The molecule has 6 heteroatoms. The molecule has 3 aromatic carbocycles. The van der Waals surface area contributed by atoms with Crippen LogP contribution in [-0.4, -0.2) is 23.6 Å². The van der Waals surface area contributed by atoms with Crippen LogP contribution in [0.3, 0.4) is 0 Å². The highest BCUT2D eigenvalue weighted by molar-refractivity contribution is 6.04. The van der Waals surface area contributed by atoms with Crippen LogP contribution in [0.25, 0.3) is 10.8 Å². The second kappa shape index (κ2) is 7.92. The fourth-order valence-electron chi connectivity index (χ4n) is 3.19. The van der Waals surface area contributed by atoms with Gasteiger partial charge in [-0.15, -0.1) is 0 Å². The zero-order valence-electron chi connectivity index (χ0n) is 15.1. The number of carbonyl (C=O) groups is 2. The largest absolute Gasteiger partial charge is 0.382 e. The first kappa shape index (κ1) is 17.7. The lowest BCUT2D eigenvalue weighted by Gasteiger charge is -2.11. The Bertz CT molecular complexity index is 1040. The molecule has 0 bridgehead atoms. The van der Waals surface area contributed by atoms with Gasteiger partial charge < -0.3 is 4.84 Å². The standard InChI is InChI=1S/C22H19N3O3/c26-21(13-17-11-6-10-15-7-4-5-12-18(15)17)23-24-22(27)20-14-19(25-28-20)16-8-2-1-3-9-16/h1-12,20H,13-14H2,(H,23,26)(H,24,27). The summed E-state index contributed by atoms with van der Waals surface area (Å²) in [5, 5.41) is 6.07. The number of fused-ring (bicyclic) bond motifs is 1. The molecule has 0 saturated heterocycles. The first-order chi connectivity index (χ1) is 13.7. The summed E-state index contributed by atoms with van der Waals surface area (Å²) < 4.78 is 0. The van der Waals surface area contributed by atoms with Gasteiger partial charge in [-0.25, -0.2) is 0 Å². The van der Waals surface area contributed by atoms with E-state index >= 15 is 0 Å². The van der Waals surface area contributed by atoms with Crippen LogP contribution in [0.2, 0.25) is 0 Å². The van der Waals surface area contributed by atoms with E-state index in [4.69, 9.17) is 4.84 Å². The van der Waals surface area contributed by atoms with Gasteiger partial charge >= 0.3 is 0 Å². The molecule has 6 nitrogen and oxygen atoms in total. The Morgan fingerprint density at radius 1 is 0.929 bits per heavy atom. The highest BCUT2D eigenvalue weighted by Crippen LogP contribution is 2.19. The summed E-state index contributed by atoms with van der Waals surface area (Å²) >= 11 is 0. The van der Waals surface area contributed by atoms with Crippen LogP contribution in [-0.2, 0) is 20.8 Å². The van der Waals surface area contributed by atoms with Crippen LogP contribution in [0.15, 0.2) is 78.0 Å². The van der Waals surface area contributed by atoms with Crippen molar-refractivity contribution in [2.75, 3.05) is 0 Å². The fourth-order valence-corrected chi connectivity index (χ4v) is 3.19. The van der Waals surface area contributed by atoms with Gasteiger partial charge in [0.15, 0.2) is 0 Å². The molecule has 1 aliphatic rings. The summed E-state index contributed by atoms with van der Waals surface area (Å²) in [5.74, 6) is -0.729. The van der Waals surface area contributed by atoms with Crippen molar-refractivity contribution in [1.29, 1.82) is 0 Å². The summed E-state index contributed by atoms with van der Waals surface area (Å²) in [6, 6.07) is 23.2. The lowest BCUT2D eigenvalue weighted by molar-refractivity contribution is -0.135. The summed E-state index contributed by atoms with van der Waals surface area (Å²) in [6.07, 6.45) is -0.235. The third-order valence-electron chi connectivity index (χ3n) is 4.62. The number of hydrogen-bond acceptors (Lipinski definition) is 4. The summed E-state index contributed by atoms with van der Waals surface area (Å²) in [5.41, 5.74) is 7.41. The second-order valence-electron chi connectivity index (χ2n) is 6.55. The zero-order valence-corrected chi connectivity index (χ0v) is 15.1. The van der Waals surface area contributed by atoms with E-state index in [1.807, 2.05) is 72.8 Å². The van der Waals surface area contributed by atoms with Gasteiger partial charge in [0.2, 0.25) is 12.0 Å². The Hall–Kier alpha value is -3.67. The van der Waals surface area contributed by atoms with Crippen molar-refractivity contribution in [1.82, 2.24) is 10.9 Å². The molecule has 1 unspecified atom stereocenters. The maximum Gasteiger partial charge on any atom is 0.282 e. The molecule has 0 saturated carbocycles. The quantitative estimate of drug-likeness (QED) is 0.690. The molecule has 3 aromatic rings. The zero-order chi connectivity index (χ0) is 19.3. The molecule has 2 amide bonds. The van der Waals surface area contributed by atoms with E-state index in [1.165, 1.54) is 0 Å². The second-order valence-corrected chi connectivity index (χ2v) is 6.55. The minimum Gasteiger partial charge on any atom is -0.382 e. The smallest absolute Gasteiger partial charge is 0.282 e. The van der Waals surface area contributed by atoms with Crippen LogP contribution >= 0.6 is 0 Å². The number of benzene rings is 3. The van der Waals surface area contributed by atoms with Gasteiger partial charge in [-0.1, -0.05) is 78.0 Å². The SMILES string of the molecule is O=C(Cc1cccc2ccccc12)NNC(=O)C1CC(c2ccccc2)=NO1. The molecule has 0 aliphatic carbocycles. The Labute approximate surface area is 162 Å². The van der Waals surface area contributed by atoms with Crippen LogP contribution in [0.4, 0.5) is 0 Å². The number of nitrogens with one attached hydrogen (secondary N) is 2. The molecule has 1 atom stereocenters. The van der Waals surface area contributed by atoms with Gasteiger partial charge in [-0.3, -0.25) is 20.4 Å². The maximum atomic E-state index is 12.3. The average Bonchev–Trinajstić information content (AvgIpc) is 3.23. The minimum absolute atomic E-state index is 0.166. The van der Waals surface area contributed by atoms with E-state index in [-0.39, 0.29) is 12.3 Å². The normalized spacial score (nSPS) is 15.6. The Balaban J connectivity index is 1.31. The number of nitrogens with zero attached hydrogens (tertiary/aromatic N) is 1. The highest BCUT2D eigenvalue weighted by Gasteiger charge is 2.29. The maximum absolute atomic E-state index is 12.3. The van der Waals surface area contributed by atoms with Gasteiger partial charge in [0.25, 0.3) is 5.91 Å². The number of hydrazine groups is 1. The van der Waals surface area contributed by atoms with E-state index < -0.39 is 12.0 Å². The van der Waals surface area contributed by atoms with Crippen molar-refractivity contribution in [2.24, 2.45) is 5.16 Å². The van der Waals surface area contributed by atoms with E-state index in [0.29, 0.717) is 12.1 Å². The van der Waals surface area contributed by atoms with E-state index in [1.54, 1.807) is 0 Å². The lowest BCUT2D eigenvalue weighted by atomic mass is 10.0. The Kier molecular flexibility index (Phi) is 5.01. The van der Waals surface area contributed by atoms with E-state index in [2.05, 4.69) is 16.0 Å². The predicted molar refractivity (Wildman–Crippen MR) is 106 cm³/mol. The minimum atomic E-state index is -0.756. The van der Waals surface area contributed by atoms with Gasteiger partial charge in [-0.2, -0.15) is 0 Å². The number of carbonyl (C=O) groups excluding carboxylic acids is 2. The van der Waals surface area contributed by atoms with Crippen molar-refractivity contribution < 1.29 is 14.4 Å². The van der Waals surface area contributed by atoms with E-state index in [9.17, 15) is 9.59 Å². The third kappa shape index (κ3) is 3.86. The fraction of sp³-hybridized carbons (Fsp3) is 0.136. The van der Waals surface area contributed by atoms with Crippen molar-refractivity contribution in [3.05, 3.63) is 83.9 Å². The molecule has 4 rings (SSSR count). The molecule has 2 N–H and O–H groups in total. The number of rotatable bonds is 4. The number of oxime groups is 1. The van der Waals surface area contributed by atoms with Crippen LogP contribution in [0.5, 0.6) is 0 Å². The molecule has 1 aliphatic heterocycles. The van der Waals surface area contributed by atoms with Gasteiger partial charge in [-0.05, 0) is 21.9 Å². The third-order valence-corrected chi connectivity index (χ3v) is 4.62. The van der Waals surface area contributed by atoms with Crippen molar-refractivity contribution >= 4 is 28.3 Å². The topological polar surface area (TPSA) is 79.8 Å². The number of amides is 2. The molecule has 0 fully saturated rings. The van der Waals surface area contributed by atoms with Crippen molar-refractivity contribution in [3.63, 3.8) is 0 Å². The predicted octanol–water partition coefficient (Wildman–Crippen LogP) is 2.72. The van der Waals surface area contributed by atoms with Gasteiger partial charge in [0, 0.05) is 6.42 Å². The van der Waals surface area contributed by atoms with Gasteiger partial charge in [0.05, 0.1) is 12.1 Å². The van der Waals surface area contributed by atoms with E-state index in [0.717, 1.165) is 21.9 Å². The molecule has 0 aromatic heterocycles. The molecule has 0 spiro atoms. The number of hydrogen-bond donors (Lipinski definition) is 2. The summed E-state index contributed by atoms with van der Waals surface area (Å²) in [4.78, 5) is 29.7. The molecule has 1 heterocycles. The average molecular weight is 373 g/mol. The Morgan fingerprint density at radius 2 is 1.68 bits per heavy atom. The first-order valence-corrected chi connectivity index (χ1v) is 9.04. The highest BCUT2D eigenvalue weighted by atomic mass is 16.6. The van der Waals surface area contributed by atoms with Gasteiger partial charge in [0.1, 0.15) is 0 Å². The van der Waals surface area contributed by atoms with Crippen LogP contribution < -0.4 is 10.9 Å². The summed E-state index contributed by atoms with van der Waals surface area (Å²) in [6.45, 7) is 0. The molecule has 140 valence electrons. The van der Waals surface area contributed by atoms with Crippen LogP contribution in [0, 0.1) is 0 Å². The summed E-state index contributed by atoms with van der Waals surface area (Å²) in [7, 11) is 0. The Morgan fingerprint density at radius 3 is 2.54 bits per heavy atom. The van der Waals surface area contributed by atoms with Crippen molar-refractivity contribution in [2.45, 2.75) is 18.9 Å². The first-order valence-electron chi connectivity index (χ1n) is 9.04. The molecular formula is C22H19N3O3.